The van der Waals surface area contributed by atoms with Gasteiger partial charge in [0.25, 0.3) is 10.0 Å². The van der Waals surface area contributed by atoms with Gasteiger partial charge in [0.15, 0.2) is 0 Å². The normalized spacial score (nSPS) is 22.2. The van der Waals surface area contributed by atoms with Crippen LogP contribution in [0.5, 0.6) is 0 Å². The van der Waals surface area contributed by atoms with Gasteiger partial charge in [0.1, 0.15) is 6.10 Å². The van der Waals surface area contributed by atoms with Gasteiger partial charge in [-0.25, -0.2) is 8.42 Å². The first-order chi connectivity index (χ1) is 14.0. The monoisotopic (exact) mass is 432 g/mol. The van der Waals surface area contributed by atoms with E-state index >= 15 is 0 Å². The van der Waals surface area contributed by atoms with Crippen molar-refractivity contribution in [2.75, 3.05) is 26.2 Å². The van der Waals surface area contributed by atoms with Crippen LogP contribution in [-0.4, -0.2) is 45.5 Å². The van der Waals surface area contributed by atoms with Crippen molar-refractivity contribution in [1.29, 1.82) is 5.26 Å². The highest BCUT2D eigenvalue weighted by atomic mass is 35.5. The number of hydrogen-bond acceptors (Lipinski definition) is 6. The molecule has 2 aliphatic rings. The van der Waals surface area contributed by atoms with Gasteiger partial charge in [0.2, 0.25) is 0 Å². The highest BCUT2D eigenvalue weighted by Gasteiger charge is 2.40. The summed E-state index contributed by atoms with van der Waals surface area (Å²) in [4.78, 5) is 10.5. The lowest BCUT2D eigenvalue weighted by molar-refractivity contribution is -0.0362. The van der Waals surface area contributed by atoms with Gasteiger partial charge in [-0.05, 0) is 41.8 Å². The second kappa shape index (κ2) is 8.40. The summed E-state index contributed by atoms with van der Waals surface area (Å²) in [5.74, 6) is 0. The molecule has 29 heavy (non-hydrogen) atoms. The first-order valence-corrected chi connectivity index (χ1v) is 11.3. The largest absolute Gasteiger partial charge is 0.314 e. The third kappa shape index (κ3) is 4.16. The zero-order valence-electron chi connectivity index (χ0n) is 15.6. The number of hydrogen-bond donors (Lipinski definition) is 2. The number of sulfonamides is 1. The summed E-state index contributed by atoms with van der Waals surface area (Å²) in [7, 11) is -3.83. The number of nitrogens with one attached hydrogen (secondary N) is 2. The molecule has 1 aliphatic heterocycles. The van der Waals surface area contributed by atoms with Crippen molar-refractivity contribution in [1.82, 2.24) is 15.1 Å². The molecule has 152 valence electrons. The molecular weight excluding hydrogens is 412 g/mol. The Labute approximate surface area is 175 Å². The highest BCUT2D eigenvalue weighted by Crippen LogP contribution is 2.40. The predicted molar refractivity (Wildman–Crippen MR) is 109 cm³/mol. The molecule has 0 spiro atoms. The van der Waals surface area contributed by atoms with Crippen LogP contribution >= 0.6 is 11.6 Å². The molecule has 7 nitrogen and oxygen atoms in total. The number of halogens is 1. The number of nitrogens with zero attached hydrogens (tertiary/aromatic N) is 2. The van der Waals surface area contributed by atoms with E-state index in [9.17, 15) is 13.7 Å². The standard InChI is InChI=1S/C20H21ClN4O3S/c21-15-10-14(13-22)17-12-19(25-8-6-23-7-9-25)20(18(17)11-15)28-24-29(26,27)16-4-2-1-3-5-16/h1-5,10-11,19-20,23-24H,6-9,12H2/t19-,20-/m0/s1. The van der Waals surface area contributed by atoms with Crippen LogP contribution in [0.4, 0.5) is 0 Å². The number of benzene rings is 2. The van der Waals surface area contributed by atoms with E-state index < -0.39 is 16.1 Å². The number of piperazine rings is 1. The van der Waals surface area contributed by atoms with Crippen LogP contribution in [-0.2, 0) is 21.3 Å². The van der Waals surface area contributed by atoms with Gasteiger partial charge in [-0.15, -0.1) is 0 Å². The molecule has 9 heteroatoms. The summed E-state index contributed by atoms with van der Waals surface area (Å²) in [6, 6.07) is 13.6. The van der Waals surface area contributed by atoms with Gasteiger partial charge in [-0.2, -0.15) is 5.26 Å². The van der Waals surface area contributed by atoms with E-state index in [0.29, 0.717) is 17.0 Å². The molecule has 0 amide bonds. The van der Waals surface area contributed by atoms with Crippen LogP contribution in [0.25, 0.3) is 0 Å². The highest BCUT2D eigenvalue weighted by molar-refractivity contribution is 7.89. The molecule has 2 N–H and O–H groups in total. The van der Waals surface area contributed by atoms with Gasteiger partial charge < -0.3 is 5.32 Å². The molecule has 1 heterocycles. The van der Waals surface area contributed by atoms with Crippen molar-refractivity contribution in [3.8, 4) is 6.07 Å². The third-order valence-corrected chi connectivity index (χ3v) is 6.82. The Bertz CT molecular complexity index is 1030. The molecule has 2 aromatic carbocycles. The average molecular weight is 433 g/mol. The van der Waals surface area contributed by atoms with E-state index in [-0.39, 0.29) is 10.9 Å². The lowest BCUT2D eigenvalue weighted by atomic mass is 10.0. The van der Waals surface area contributed by atoms with E-state index in [2.05, 4.69) is 21.2 Å². The van der Waals surface area contributed by atoms with Crippen LogP contribution in [0.1, 0.15) is 22.8 Å². The molecule has 0 bridgehead atoms. The van der Waals surface area contributed by atoms with E-state index in [1.165, 1.54) is 12.1 Å². The zero-order chi connectivity index (χ0) is 20.4. The summed E-state index contributed by atoms with van der Waals surface area (Å²) >= 11 is 6.22. The number of nitriles is 1. The van der Waals surface area contributed by atoms with Crippen molar-refractivity contribution >= 4 is 21.6 Å². The van der Waals surface area contributed by atoms with Gasteiger partial charge in [0.05, 0.1) is 16.5 Å². The summed E-state index contributed by atoms with van der Waals surface area (Å²) < 4.78 is 25.3. The molecule has 2 aromatic rings. The summed E-state index contributed by atoms with van der Waals surface area (Å²) in [5, 5.41) is 13.3. The lowest BCUT2D eigenvalue weighted by Crippen LogP contribution is -2.50. The smallest absolute Gasteiger partial charge is 0.262 e. The predicted octanol–water partition coefficient (Wildman–Crippen LogP) is 1.99. The Balaban J connectivity index is 1.65. The maximum atomic E-state index is 12.6. The summed E-state index contributed by atoms with van der Waals surface area (Å²) in [6.07, 6.45) is 0.0417. The average Bonchev–Trinajstić information content (AvgIpc) is 3.11. The van der Waals surface area contributed by atoms with E-state index in [0.717, 1.165) is 37.3 Å². The molecule has 1 saturated heterocycles. The molecule has 4 rings (SSSR count). The topological polar surface area (TPSA) is 94.5 Å². The maximum absolute atomic E-state index is 12.6. The first kappa shape index (κ1) is 20.3. The van der Waals surface area contributed by atoms with Gasteiger partial charge in [-0.3, -0.25) is 9.74 Å². The molecule has 1 aliphatic carbocycles. The molecular formula is C20H21ClN4O3S. The quantitative estimate of drug-likeness (QED) is 0.702. The van der Waals surface area contributed by atoms with Crippen LogP contribution in [0, 0.1) is 11.3 Å². The van der Waals surface area contributed by atoms with Crippen molar-refractivity contribution in [3.05, 3.63) is 64.2 Å². The van der Waals surface area contributed by atoms with Crippen LogP contribution in [0.3, 0.4) is 0 Å². The minimum Gasteiger partial charge on any atom is -0.314 e. The van der Waals surface area contributed by atoms with Crippen LogP contribution < -0.4 is 10.2 Å². The fourth-order valence-corrected chi connectivity index (χ4v) is 5.07. The summed E-state index contributed by atoms with van der Waals surface area (Å²) in [6.45, 7) is 3.33. The Morgan fingerprint density at radius 2 is 1.93 bits per heavy atom. The molecule has 0 radical (unpaired) electrons. The zero-order valence-corrected chi connectivity index (χ0v) is 17.2. The Morgan fingerprint density at radius 1 is 1.21 bits per heavy atom. The second-order valence-electron chi connectivity index (χ2n) is 7.13. The Kier molecular flexibility index (Phi) is 5.88. The van der Waals surface area contributed by atoms with Crippen molar-refractivity contribution in [3.63, 3.8) is 0 Å². The first-order valence-electron chi connectivity index (χ1n) is 9.39. The van der Waals surface area contributed by atoms with Gasteiger partial charge >= 0.3 is 0 Å². The second-order valence-corrected chi connectivity index (χ2v) is 9.21. The van der Waals surface area contributed by atoms with Crippen molar-refractivity contribution in [2.45, 2.75) is 23.5 Å². The third-order valence-electron chi connectivity index (χ3n) is 5.40. The molecule has 1 fully saturated rings. The van der Waals surface area contributed by atoms with Crippen LogP contribution in [0.15, 0.2) is 47.4 Å². The van der Waals surface area contributed by atoms with Gasteiger partial charge in [-0.1, -0.05) is 34.7 Å². The number of fused-ring (bicyclic) bond motifs is 1. The van der Waals surface area contributed by atoms with Gasteiger partial charge in [0, 0.05) is 37.2 Å². The molecule has 0 aromatic heterocycles. The maximum Gasteiger partial charge on any atom is 0.262 e. The Hall–Kier alpha value is -1.99. The summed E-state index contributed by atoms with van der Waals surface area (Å²) in [5.41, 5.74) is 2.13. The minimum absolute atomic E-state index is 0.0869. The molecule has 0 unspecified atom stereocenters. The van der Waals surface area contributed by atoms with Crippen LogP contribution in [0.2, 0.25) is 5.02 Å². The molecule has 2 atom stereocenters. The van der Waals surface area contributed by atoms with E-state index in [1.54, 1.807) is 30.3 Å². The van der Waals surface area contributed by atoms with Crippen molar-refractivity contribution < 1.29 is 13.3 Å². The fourth-order valence-electron chi connectivity index (χ4n) is 4.00. The SMILES string of the molecule is N#Cc1cc(Cl)cc2c1C[C@H](N1CCNCC1)[C@H]2ONS(=O)(=O)c1ccccc1. The fraction of sp³-hybridized carbons (Fsp3) is 0.350. The number of rotatable bonds is 5. The van der Waals surface area contributed by atoms with Crippen molar-refractivity contribution in [2.24, 2.45) is 0 Å². The van der Waals surface area contributed by atoms with E-state index in [1.807, 2.05) is 0 Å². The Morgan fingerprint density at radius 3 is 2.62 bits per heavy atom. The lowest BCUT2D eigenvalue weighted by Gasteiger charge is -2.35. The molecule has 0 saturated carbocycles. The minimum atomic E-state index is -3.83. The van der Waals surface area contributed by atoms with E-state index in [4.69, 9.17) is 16.4 Å².